The fraction of sp³-hybridized carbons (Fsp3) is 0.240. The summed E-state index contributed by atoms with van der Waals surface area (Å²) in [6, 6.07) is 21.8. The number of nitrogens with zero attached hydrogens (tertiary/aromatic N) is 2. The highest BCUT2D eigenvalue weighted by Gasteiger charge is 2.29. The number of methoxy groups -OCH3 is 1. The molecular formula is C25H26N2O5S. The number of anilines is 1. The topological polar surface area (TPSA) is 76.1 Å². The van der Waals surface area contributed by atoms with Crippen molar-refractivity contribution in [3.05, 3.63) is 78.4 Å². The van der Waals surface area contributed by atoms with E-state index in [0.29, 0.717) is 24.7 Å². The van der Waals surface area contributed by atoms with Crippen LogP contribution < -0.4 is 9.64 Å². The predicted molar refractivity (Wildman–Crippen MR) is 127 cm³/mol. The highest BCUT2D eigenvalue weighted by molar-refractivity contribution is 7.89. The van der Waals surface area contributed by atoms with E-state index in [-0.39, 0.29) is 29.5 Å². The maximum Gasteiger partial charge on any atom is 0.261 e. The third-order valence-electron chi connectivity index (χ3n) is 5.66. The fourth-order valence-corrected chi connectivity index (χ4v) is 5.30. The Kier molecular flexibility index (Phi) is 6.78. The molecule has 1 amide bonds. The quantitative estimate of drug-likeness (QED) is 0.554. The van der Waals surface area contributed by atoms with Gasteiger partial charge in [-0.2, -0.15) is 4.31 Å². The lowest BCUT2D eigenvalue weighted by Crippen LogP contribution is -2.40. The Balaban J connectivity index is 1.72. The number of sulfonamides is 1. The zero-order valence-electron chi connectivity index (χ0n) is 18.6. The number of benzene rings is 3. The van der Waals surface area contributed by atoms with Gasteiger partial charge in [-0.25, -0.2) is 8.42 Å². The molecule has 172 valence electrons. The first-order valence-corrected chi connectivity index (χ1v) is 12.1. The first kappa shape index (κ1) is 23.0. The van der Waals surface area contributed by atoms with Crippen molar-refractivity contribution in [3.63, 3.8) is 0 Å². The van der Waals surface area contributed by atoms with Gasteiger partial charge in [0.1, 0.15) is 5.75 Å². The molecule has 0 aromatic heterocycles. The van der Waals surface area contributed by atoms with Gasteiger partial charge in [0.15, 0.2) is 0 Å². The molecule has 4 rings (SSSR count). The van der Waals surface area contributed by atoms with Crippen molar-refractivity contribution in [2.75, 3.05) is 45.4 Å². The van der Waals surface area contributed by atoms with Gasteiger partial charge in [0, 0.05) is 25.7 Å². The van der Waals surface area contributed by atoms with E-state index in [2.05, 4.69) is 0 Å². The SMILES string of the molecule is COc1ccc(S(=O)(=O)N2CCOCC2)cc1C(=O)N(C)c1ccccc1-c1ccccc1. The van der Waals surface area contributed by atoms with Crippen LogP contribution in [0, 0.1) is 0 Å². The molecule has 0 saturated carbocycles. The molecule has 0 spiro atoms. The van der Waals surface area contributed by atoms with Crippen molar-refractivity contribution < 1.29 is 22.7 Å². The van der Waals surface area contributed by atoms with Crippen LogP contribution in [0.1, 0.15) is 10.4 Å². The van der Waals surface area contributed by atoms with Crippen LogP contribution in [0.15, 0.2) is 77.7 Å². The minimum absolute atomic E-state index is 0.0540. The summed E-state index contributed by atoms with van der Waals surface area (Å²) in [5.74, 6) is -0.0563. The maximum absolute atomic E-state index is 13.6. The van der Waals surface area contributed by atoms with E-state index in [0.717, 1.165) is 11.1 Å². The highest BCUT2D eigenvalue weighted by atomic mass is 32.2. The van der Waals surface area contributed by atoms with Crippen molar-refractivity contribution in [2.45, 2.75) is 4.90 Å². The normalized spacial score (nSPS) is 14.6. The van der Waals surface area contributed by atoms with E-state index in [4.69, 9.17) is 9.47 Å². The van der Waals surface area contributed by atoms with Gasteiger partial charge in [-0.3, -0.25) is 4.79 Å². The molecule has 0 bridgehead atoms. The molecule has 3 aromatic carbocycles. The summed E-state index contributed by atoms with van der Waals surface area (Å²) < 4.78 is 38.3. The smallest absolute Gasteiger partial charge is 0.261 e. The largest absolute Gasteiger partial charge is 0.496 e. The molecule has 1 saturated heterocycles. The lowest BCUT2D eigenvalue weighted by molar-refractivity contribution is 0.0730. The molecule has 7 nitrogen and oxygen atoms in total. The fourth-order valence-electron chi connectivity index (χ4n) is 3.87. The summed E-state index contributed by atoms with van der Waals surface area (Å²) in [5, 5.41) is 0. The van der Waals surface area contributed by atoms with Crippen LogP contribution >= 0.6 is 0 Å². The summed E-state index contributed by atoms with van der Waals surface area (Å²) >= 11 is 0. The molecule has 8 heteroatoms. The highest BCUT2D eigenvalue weighted by Crippen LogP contribution is 2.33. The molecule has 0 atom stereocenters. The van der Waals surface area contributed by atoms with Crippen LogP contribution in [0.3, 0.4) is 0 Å². The first-order chi connectivity index (χ1) is 15.9. The Morgan fingerprint density at radius 1 is 0.970 bits per heavy atom. The predicted octanol–water partition coefficient (Wildman–Crippen LogP) is 3.66. The Hall–Kier alpha value is -3.20. The number of hydrogen-bond donors (Lipinski definition) is 0. The second-order valence-corrected chi connectivity index (χ2v) is 9.56. The Morgan fingerprint density at radius 2 is 1.64 bits per heavy atom. The molecule has 0 N–H and O–H groups in total. The summed E-state index contributed by atoms with van der Waals surface area (Å²) in [4.78, 5) is 15.2. The molecule has 1 aliphatic heterocycles. The Labute approximate surface area is 194 Å². The number of carbonyl (C=O) groups is 1. The van der Waals surface area contributed by atoms with Crippen LogP contribution in [0.25, 0.3) is 11.1 Å². The average molecular weight is 467 g/mol. The zero-order valence-corrected chi connectivity index (χ0v) is 19.4. The summed E-state index contributed by atoms with van der Waals surface area (Å²) in [6.07, 6.45) is 0. The molecule has 1 fully saturated rings. The third-order valence-corrected chi connectivity index (χ3v) is 7.56. The van der Waals surface area contributed by atoms with Crippen LogP contribution in [0.4, 0.5) is 5.69 Å². The lowest BCUT2D eigenvalue weighted by Gasteiger charge is -2.26. The van der Waals surface area contributed by atoms with E-state index >= 15 is 0 Å². The molecule has 1 aliphatic rings. The molecular weight excluding hydrogens is 440 g/mol. The van der Waals surface area contributed by atoms with E-state index < -0.39 is 10.0 Å². The van der Waals surface area contributed by atoms with Crippen LogP contribution in [0.2, 0.25) is 0 Å². The van der Waals surface area contributed by atoms with Gasteiger partial charge in [0.25, 0.3) is 5.91 Å². The third kappa shape index (κ3) is 4.64. The minimum Gasteiger partial charge on any atom is -0.496 e. The molecule has 0 unspecified atom stereocenters. The second-order valence-electron chi connectivity index (χ2n) is 7.63. The summed E-state index contributed by atoms with van der Waals surface area (Å²) in [5.41, 5.74) is 2.75. The maximum atomic E-state index is 13.6. The second kappa shape index (κ2) is 9.74. The van der Waals surface area contributed by atoms with Crippen molar-refractivity contribution in [1.82, 2.24) is 4.31 Å². The zero-order chi connectivity index (χ0) is 23.4. The number of morpholine rings is 1. The van der Waals surface area contributed by atoms with Gasteiger partial charge >= 0.3 is 0 Å². The standard InChI is InChI=1S/C25H26N2O5S/c1-26(23-11-7-6-10-21(23)19-8-4-3-5-9-19)25(28)22-18-20(12-13-24(22)31-2)33(29,30)27-14-16-32-17-15-27/h3-13,18H,14-17H2,1-2H3. The lowest BCUT2D eigenvalue weighted by atomic mass is 10.0. The molecule has 3 aromatic rings. The van der Waals surface area contributed by atoms with Crippen molar-refractivity contribution in [1.29, 1.82) is 0 Å². The van der Waals surface area contributed by atoms with Crippen molar-refractivity contribution >= 4 is 21.6 Å². The Bertz CT molecular complexity index is 1240. The average Bonchev–Trinajstić information content (AvgIpc) is 2.88. The molecule has 1 heterocycles. The first-order valence-electron chi connectivity index (χ1n) is 10.6. The molecule has 0 radical (unpaired) electrons. The van der Waals surface area contributed by atoms with Crippen LogP contribution in [0.5, 0.6) is 5.75 Å². The van der Waals surface area contributed by atoms with E-state index in [1.165, 1.54) is 34.5 Å². The summed E-state index contributed by atoms with van der Waals surface area (Å²) in [6.45, 7) is 1.25. The number of ether oxygens (including phenoxy) is 2. The molecule has 0 aliphatic carbocycles. The number of para-hydroxylation sites is 1. The van der Waals surface area contributed by atoms with Gasteiger partial charge in [0.2, 0.25) is 10.0 Å². The van der Waals surface area contributed by atoms with E-state index in [1.807, 2.05) is 54.6 Å². The van der Waals surface area contributed by atoms with E-state index in [9.17, 15) is 13.2 Å². The molecule has 33 heavy (non-hydrogen) atoms. The van der Waals surface area contributed by atoms with Crippen molar-refractivity contribution in [3.8, 4) is 16.9 Å². The number of rotatable bonds is 6. The van der Waals surface area contributed by atoms with Gasteiger partial charge in [-0.05, 0) is 29.8 Å². The Morgan fingerprint density at radius 3 is 2.33 bits per heavy atom. The van der Waals surface area contributed by atoms with Crippen molar-refractivity contribution in [2.24, 2.45) is 0 Å². The number of hydrogen-bond acceptors (Lipinski definition) is 5. The van der Waals surface area contributed by atoms with Gasteiger partial charge in [-0.15, -0.1) is 0 Å². The van der Waals surface area contributed by atoms with E-state index in [1.54, 1.807) is 7.05 Å². The minimum atomic E-state index is -3.76. The number of amides is 1. The number of carbonyl (C=O) groups excluding carboxylic acids is 1. The van der Waals surface area contributed by atoms with Crippen LogP contribution in [-0.2, 0) is 14.8 Å². The van der Waals surface area contributed by atoms with Crippen LogP contribution in [-0.4, -0.2) is 59.1 Å². The summed E-state index contributed by atoms with van der Waals surface area (Å²) in [7, 11) is -0.626. The van der Waals surface area contributed by atoms with Gasteiger partial charge in [-0.1, -0.05) is 48.5 Å². The van der Waals surface area contributed by atoms with Gasteiger partial charge < -0.3 is 14.4 Å². The van der Waals surface area contributed by atoms with Gasteiger partial charge in [0.05, 0.1) is 36.5 Å². The monoisotopic (exact) mass is 466 g/mol.